The van der Waals surface area contributed by atoms with Crippen LogP contribution in [0.4, 0.5) is 0 Å². The van der Waals surface area contributed by atoms with Crippen molar-refractivity contribution in [1.29, 1.82) is 0 Å². The van der Waals surface area contributed by atoms with Crippen LogP contribution in [-0.2, 0) is 6.54 Å². The Morgan fingerprint density at radius 2 is 2.10 bits per heavy atom. The number of methoxy groups -OCH3 is 2. The maximum absolute atomic E-state index is 5.54. The molecule has 2 aromatic rings. The zero-order valence-electron chi connectivity index (χ0n) is 12.1. The second-order valence-corrected chi connectivity index (χ2v) is 4.36. The van der Waals surface area contributed by atoms with Gasteiger partial charge in [-0.05, 0) is 25.1 Å². The van der Waals surface area contributed by atoms with E-state index in [1.165, 1.54) is 0 Å². The topological polar surface area (TPSA) is 56.5 Å². The highest BCUT2D eigenvalue weighted by molar-refractivity contribution is 5.67. The molecule has 0 radical (unpaired) electrons. The molecular weight excluding hydrogens is 256 g/mol. The molecule has 108 valence electrons. The minimum atomic E-state index is 0.536. The van der Waals surface area contributed by atoms with E-state index in [-0.39, 0.29) is 0 Å². The summed E-state index contributed by atoms with van der Waals surface area (Å²) in [5.41, 5.74) is 1.66. The van der Waals surface area contributed by atoms with Gasteiger partial charge in [0, 0.05) is 6.54 Å². The van der Waals surface area contributed by atoms with E-state index in [4.69, 9.17) is 13.9 Å². The minimum absolute atomic E-state index is 0.536. The maximum Gasteiger partial charge on any atom is 0.230 e. The first-order valence-electron chi connectivity index (χ1n) is 6.66. The molecule has 2 rings (SSSR count). The summed E-state index contributed by atoms with van der Waals surface area (Å²) in [6.07, 6.45) is 2.76. The summed E-state index contributed by atoms with van der Waals surface area (Å²) in [5, 5.41) is 3.29. The fraction of sp³-hybridized carbons (Fsp3) is 0.400. The molecule has 0 bridgehead atoms. The number of aromatic nitrogens is 1. The molecule has 0 atom stereocenters. The van der Waals surface area contributed by atoms with E-state index in [1.807, 2.05) is 18.2 Å². The van der Waals surface area contributed by atoms with Gasteiger partial charge in [-0.3, -0.25) is 0 Å². The van der Waals surface area contributed by atoms with E-state index in [0.717, 1.165) is 24.2 Å². The van der Waals surface area contributed by atoms with Crippen LogP contribution in [0.5, 0.6) is 11.5 Å². The highest BCUT2D eigenvalue weighted by atomic mass is 16.5. The van der Waals surface area contributed by atoms with Crippen molar-refractivity contribution in [2.45, 2.75) is 19.9 Å². The lowest BCUT2D eigenvalue weighted by Crippen LogP contribution is -2.13. The zero-order valence-corrected chi connectivity index (χ0v) is 12.1. The second kappa shape index (κ2) is 6.96. The molecule has 1 N–H and O–H groups in total. The van der Waals surface area contributed by atoms with Crippen molar-refractivity contribution in [1.82, 2.24) is 10.3 Å². The predicted molar refractivity (Wildman–Crippen MR) is 77.0 cm³/mol. The lowest BCUT2D eigenvalue weighted by Gasteiger charge is -2.09. The van der Waals surface area contributed by atoms with E-state index < -0.39 is 0 Å². The van der Waals surface area contributed by atoms with Crippen LogP contribution in [0.3, 0.4) is 0 Å². The first-order chi connectivity index (χ1) is 9.80. The summed E-state index contributed by atoms with van der Waals surface area (Å²) in [4.78, 5) is 4.47. The number of nitrogens with zero attached hydrogens (tertiary/aromatic N) is 1. The summed E-state index contributed by atoms with van der Waals surface area (Å²) in [7, 11) is 3.21. The number of para-hydroxylation sites is 1. The molecule has 0 amide bonds. The van der Waals surface area contributed by atoms with Crippen LogP contribution in [0.15, 0.2) is 28.9 Å². The molecule has 1 aromatic heterocycles. The van der Waals surface area contributed by atoms with Crippen LogP contribution >= 0.6 is 0 Å². The Morgan fingerprint density at radius 3 is 2.80 bits per heavy atom. The fourth-order valence-corrected chi connectivity index (χ4v) is 1.96. The van der Waals surface area contributed by atoms with E-state index >= 15 is 0 Å². The molecule has 5 heteroatoms. The average molecular weight is 276 g/mol. The SMILES string of the molecule is CCCNCc1coc(-c2cccc(OC)c2OC)n1. The Hall–Kier alpha value is -2.01. The third-order valence-electron chi connectivity index (χ3n) is 2.92. The van der Waals surface area contributed by atoms with Crippen molar-refractivity contribution >= 4 is 0 Å². The summed E-state index contributed by atoms with van der Waals surface area (Å²) < 4.78 is 16.2. The van der Waals surface area contributed by atoms with Gasteiger partial charge in [0.15, 0.2) is 11.5 Å². The Balaban J connectivity index is 2.23. The van der Waals surface area contributed by atoms with E-state index in [1.54, 1.807) is 20.5 Å². The maximum atomic E-state index is 5.54. The van der Waals surface area contributed by atoms with Crippen molar-refractivity contribution in [3.05, 3.63) is 30.2 Å². The third-order valence-corrected chi connectivity index (χ3v) is 2.92. The molecule has 0 aliphatic carbocycles. The van der Waals surface area contributed by atoms with Crippen LogP contribution in [0.2, 0.25) is 0 Å². The van der Waals surface area contributed by atoms with Gasteiger partial charge in [-0.2, -0.15) is 0 Å². The molecule has 0 unspecified atom stereocenters. The van der Waals surface area contributed by atoms with Gasteiger partial charge in [0.05, 0.1) is 25.5 Å². The molecule has 0 fully saturated rings. The lowest BCUT2D eigenvalue weighted by atomic mass is 10.2. The largest absolute Gasteiger partial charge is 0.493 e. The van der Waals surface area contributed by atoms with Gasteiger partial charge in [0.25, 0.3) is 0 Å². The second-order valence-electron chi connectivity index (χ2n) is 4.36. The van der Waals surface area contributed by atoms with Gasteiger partial charge >= 0.3 is 0 Å². The molecule has 0 aliphatic rings. The van der Waals surface area contributed by atoms with E-state index in [0.29, 0.717) is 23.9 Å². The van der Waals surface area contributed by atoms with Gasteiger partial charge < -0.3 is 19.2 Å². The van der Waals surface area contributed by atoms with Gasteiger partial charge in [0.1, 0.15) is 6.26 Å². The Morgan fingerprint density at radius 1 is 1.25 bits per heavy atom. The Bertz CT molecular complexity index is 552. The number of benzene rings is 1. The molecule has 5 nitrogen and oxygen atoms in total. The van der Waals surface area contributed by atoms with Gasteiger partial charge in [-0.15, -0.1) is 0 Å². The molecule has 0 spiro atoms. The molecule has 0 saturated heterocycles. The van der Waals surface area contributed by atoms with Crippen LogP contribution in [0.1, 0.15) is 19.0 Å². The lowest BCUT2D eigenvalue weighted by molar-refractivity contribution is 0.355. The number of nitrogens with one attached hydrogen (secondary N) is 1. The number of ether oxygens (including phenoxy) is 2. The highest BCUT2D eigenvalue weighted by Crippen LogP contribution is 2.37. The summed E-state index contributed by atoms with van der Waals surface area (Å²) in [5.74, 6) is 1.83. The van der Waals surface area contributed by atoms with E-state index in [9.17, 15) is 0 Å². The van der Waals surface area contributed by atoms with E-state index in [2.05, 4.69) is 17.2 Å². The first-order valence-corrected chi connectivity index (χ1v) is 6.66. The van der Waals surface area contributed by atoms with Gasteiger partial charge in [-0.25, -0.2) is 4.98 Å². The quantitative estimate of drug-likeness (QED) is 0.788. The van der Waals surface area contributed by atoms with Crippen LogP contribution in [0.25, 0.3) is 11.5 Å². The number of hydrogen-bond acceptors (Lipinski definition) is 5. The fourth-order valence-electron chi connectivity index (χ4n) is 1.96. The van der Waals surface area contributed by atoms with Crippen molar-refractivity contribution in [3.8, 4) is 23.0 Å². The van der Waals surface area contributed by atoms with Crippen molar-refractivity contribution < 1.29 is 13.9 Å². The highest BCUT2D eigenvalue weighted by Gasteiger charge is 2.15. The first kappa shape index (κ1) is 14.4. The average Bonchev–Trinajstić information content (AvgIpc) is 2.95. The Kier molecular flexibility index (Phi) is 5.01. The van der Waals surface area contributed by atoms with Crippen LogP contribution in [-0.4, -0.2) is 25.7 Å². The smallest absolute Gasteiger partial charge is 0.230 e. The minimum Gasteiger partial charge on any atom is -0.493 e. The number of hydrogen-bond donors (Lipinski definition) is 1. The molecular formula is C15H20N2O3. The normalized spacial score (nSPS) is 10.6. The molecule has 20 heavy (non-hydrogen) atoms. The summed E-state index contributed by atoms with van der Waals surface area (Å²) in [6.45, 7) is 3.79. The van der Waals surface area contributed by atoms with Crippen molar-refractivity contribution in [3.63, 3.8) is 0 Å². The van der Waals surface area contributed by atoms with Gasteiger partial charge in [-0.1, -0.05) is 13.0 Å². The molecule has 1 aromatic carbocycles. The van der Waals surface area contributed by atoms with Crippen LogP contribution < -0.4 is 14.8 Å². The van der Waals surface area contributed by atoms with Crippen molar-refractivity contribution in [2.75, 3.05) is 20.8 Å². The third kappa shape index (κ3) is 3.11. The van der Waals surface area contributed by atoms with Crippen LogP contribution in [0, 0.1) is 0 Å². The standard InChI is InChI=1S/C15H20N2O3/c1-4-8-16-9-11-10-20-15(17-11)12-6-5-7-13(18-2)14(12)19-3/h5-7,10,16H,4,8-9H2,1-3H3. The van der Waals surface area contributed by atoms with Gasteiger partial charge in [0.2, 0.25) is 5.89 Å². The zero-order chi connectivity index (χ0) is 14.4. The predicted octanol–water partition coefficient (Wildman–Crippen LogP) is 2.86. The Labute approximate surface area is 118 Å². The monoisotopic (exact) mass is 276 g/mol. The molecule has 0 aliphatic heterocycles. The molecule has 1 heterocycles. The summed E-state index contributed by atoms with van der Waals surface area (Å²) >= 11 is 0. The van der Waals surface area contributed by atoms with Crippen molar-refractivity contribution in [2.24, 2.45) is 0 Å². The number of rotatable bonds is 7. The summed E-state index contributed by atoms with van der Waals surface area (Å²) in [6, 6.07) is 5.63. The number of oxazole rings is 1. The molecule has 0 saturated carbocycles.